The first-order chi connectivity index (χ1) is 6.83. The quantitative estimate of drug-likeness (QED) is 0.733. The third kappa shape index (κ3) is 4.49. The second-order valence-corrected chi connectivity index (χ2v) is 3.57. The van der Waals surface area contributed by atoms with Gasteiger partial charge in [0.1, 0.15) is 0 Å². The maximum Gasteiger partial charge on any atom is 0.0462 e. The van der Waals surface area contributed by atoms with E-state index in [1.165, 1.54) is 0 Å². The summed E-state index contributed by atoms with van der Waals surface area (Å²) < 4.78 is 4.96. The highest BCUT2D eigenvalue weighted by molar-refractivity contribution is 6.30. The fraction of sp³-hybridized carbons (Fsp3) is 0.455. The molecule has 0 atom stereocenters. The Bertz CT molecular complexity index is 265. The molecule has 0 saturated carbocycles. The van der Waals surface area contributed by atoms with Crippen LogP contribution in [0.5, 0.6) is 0 Å². The van der Waals surface area contributed by atoms with Crippen LogP contribution in [0.2, 0.25) is 5.02 Å². The number of rotatable bonds is 6. The zero-order chi connectivity index (χ0) is 10.2. The summed E-state index contributed by atoms with van der Waals surface area (Å²) in [5, 5.41) is 4.07. The topological polar surface area (TPSA) is 21.3 Å². The lowest BCUT2D eigenvalue weighted by Crippen LogP contribution is -2.02. The SMILES string of the molecule is COCCCCNc1cccc(Cl)c1. The molecule has 1 aromatic rings. The Kier molecular flexibility index (Phi) is 5.42. The molecular weight excluding hydrogens is 198 g/mol. The molecule has 0 spiro atoms. The van der Waals surface area contributed by atoms with Crippen LogP contribution in [0.1, 0.15) is 12.8 Å². The summed E-state index contributed by atoms with van der Waals surface area (Å²) in [6.07, 6.45) is 2.20. The van der Waals surface area contributed by atoms with Crippen molar-refractivity contribution in [2.75, 3.05) is 25.6 Å². The molecule has 0 saturated heterocycles. The minimum Gasteiger partial charge on any atom is -0.385 e. The standard InChI is InChI=1S/C11H16ClNO/c1-14-8-3-2-7-13-11-6-4-5-10(12)9-11/h4-6,9,13H,2-3,7-8H2,1H3. The van der Waals surface area contributed by atoms with Crippen LogP contribution in [0.25, 0.3) is 0 Å². The largest absolute Gasteiger partial charge is 0.385 e. The molecule has 0 fully saturated rings. The van der Waals surface area contributed by atoms with Gasteiger partial charge in [0.25, 0.3) is 0 Å². The number of anilines is 1. The predicted octanol–water partition coefficient (Wildman–Crippen LogP) is 3.18. The summed E-state index contributed by atoms with van der Waals surface area (Å²) in [6, 6.07) is 7.76. The summed E-state index contributed by atoms with van der Waals surface area (Å²) in [4.78, 5) is 0. The Labute approximate surface area is 90.2 Å². The van der Waals surface area contributed by atoms with E-state index in [9.17, 15) is 0 Å². The van der Waals surface area contributed by atoms with E-state index in [1.807, 2.05) is 24.3 Å². The molecule has 1 N–H and O–H groups in total. The van der Waals surface area contributed by atoms with Crippen molar-refractivity contribution in [1.82, 2.24) is 0 Å². The van der Waals surface area contributed by atoms with Gasteiger partial charge < -0.3 is 10.1 Å². The number of ether oxygens (including phenoxy) is 1. The lowest BCUT2D eigenvalue weighted by Gasteiger charge is -2.05. The van der Waals surface area contributed by atoms with E-state index < -0.39 is 0 Å². The van der Waals surface area contributed by atoms with Gasteiger partial charge in [-0.1, -0.05) is 17.7 Å². The molecule has 1 aromatic carbocycles. The summed E-state index contributed by atoms with van der Waals surface area (Å²) in [7, 11) is 1.73. The summed E-state index contributed by atoms with van der Waals surface area (Å²) in [5.41, 5.74) is 1.08. The molecule has 0 aromatic heterocycles. The molecule has 14 heavy (non-hydrogen) atoms. The highest BCUT2D eigenvalue weighted by atomic mass is 35.5. The van der Waals surface area contributed by atoms with Crippen LogP contribution in [0.4, 0.5) is 5.69 Å². The minimum absolute atomic E-state index is 0.770. The van der Waals surface area contributed by atoms with Gasteiger partial charge in [-0.2, -0.15) is 0 Å². The lowest BCUT2D eigenvalue weighted by atomic mass is 10.3. The third-order valence-electron chi connectivity index (χ3n) is 1.93. The van der Waals surface area contributed by atoms with Gasteiger partial charge in [0, 0.05) is 31.0 Å². The van der Waals surface area contributed by atoms with Crippen molar-refractivity contribution in [3.8, 4) is 0 Å². The Morgan fingerprint density at radius 2 is 2.21 bits per heavy atom. The molecule has 0 aliphatic heterocycles. The summed E-state index contributed by atoms with van der Waals surface area (Å²) in [6.45, 7) is 1.79. The molecule has 78 valence electrons. The zero-order valence-corrected chi connectivity index (χ0v) is 9.18. The number of nitrogens with one attached hydrogen (secondary N) is 1. The monoisotopic (exact) mass is 213 g/mol. The molecule has 0 bridgehead atoms. The lowest BCUT2D eigenvalue weighted by molar-refractivity contribution is 0.194. The van der Waals surface area contributed by atoms with Crippen molar-refractivity contribution < 1.29 is 4.74 Å². The van der Waals surface area contributed by atoms with Gasteiger partial charge in [0.05, 0.1) is 0 Å². The molecule has 0 amide bonds. The van der Waals surface area contributed by atoms with Crippen molar-refractivity contribution >= 4 is 17.3 Å². The van der Waals surface area contributed by atoms with Gasteiger partial charge in [-0.05, 0) is 31.0 Å². The molecule has 0 unspecified atom stereocenters. The van der Waals surface area contributed by atoms with Crippen molar-refractivity contribution in [1.29, 1.82) is 0 Å². The second-order valence-electron chi connectivity index (χ2n) is 3.14. The fourth-order valence-corrected chi connectivity index (χ4v) is 1.39. The van der Waals surface area contributed by atoms with Crippen LogP contribution in [-0.4, -0.2) is 20.3 Å². The van der Waals surface area contributed by atoms with Crippen LogP contribution < -0.4 is 5.32 Å². The molecular formula is C11H16ClNO. The highest BCUT2D eigenvalue weighted by Crippen LogP contribution is 2.14. The molecule has 2 nitrogen and oxygen atoms in total. The van der Waals surface area contributed by atoms with Gasteiger partial charge in [0.2, 0.25) is 0 Å². The van der Waals surface area contributed by atoms with Gasteiger partial charge in [-0.25, -0.2) is 0 Å². The average molecular weight is 214 g/mol. The molecule has 3 heteroatoms. The zero-order valence-electron chi connectivity index (χ0n) is 8.42. The van der Waals surface area contributed by atoms with E-state index in [0.717, 1.165) is 36.7 Å². The fourth-order valence-electron chi connectivity index (χ4n) is 1.20. The van der Waals surface area contributed by atoms with Crippen molar-refractivity contribution in [2.24, 2.45) is 0 Å². The molecule has 0 radical (unpaired) electrons. The maximum absolute atomic E-state index is 5.85. The first-order valence-electron chi connectivity index (χ1n) is 4.81. The number of methoxy groups -OCH3 is 1. The predicted molar refractivity (Wildman–Crippen MR) is 61.1 cm³/mol. The van der Waals surface area contributed by atoms with Crippen LogP contribution in [0, 0.1) is 0 Å². The molecule has 0 aliphatic carbocycles. The Morgan fingerprint density at radius 3 is 2.93 bits per heavy atom. The van der Waals surface area contributed by atoms with E-state index in [2.05, 4.69) is 5.32 Å². The maximum atomic E-state index is 5.85. The summed E-state index contributed by atoms with van der Waals surface area (Å²) in [5.74, 6) is 0. The van der Waals surface area contributed by atoms with Crippen LogP contribution in [0.3, 0.4) is 0 Å². The van der Waals surface area contributed by atoms with Gasteiger partial charge in [-0.15, -0.1) is 0 Å². The number of unbranched alkanes of at least 4 members (excludes halogenated alkanes) is 1. The second kappa shape index (κ2) is 6.68. The minimum atomic E-state index is 0.770. The number of hydrogen-bond acceptors (Lipinski definition) is 2. The highest BCUT2D eigenvalue weighted by Gasteiger charge is 1.92. The van der Waals surface area contributed by atoms with E-state index in [-0.39, 0.29) is 0 Å². The normalized spacial score (nSPS) is 10.1. The smallest absolute Gasteiger partial charge is 0.0462 e. The first kappa shape index (κ1) is 11.3. The Morgan fingerprint density at radius 1 is 1.36 bits per heavy atom. The average Bonchev–Trinajstić information content (AvgIpc) is 2.18. The van der Waals surface area contributed by atoms with E-state index in [4.69, 9.17) is 16.3 Å². The van der Waals surface area contributed by atoms with E-state index in [1.54, 1.807) is 7.11 Å². The molecule has 0 heterocycles. The van der Waals surface area contributed by atoms with E-state index in [0.29, 0.717) is 0 Å². The number of hydrogen-bond donors (Lipinski definition) is 1. The third-order valence-corrected chi connectivity index (χ3v) is 2.16. The van der Waals surface area contributed by atoms with Crippen LogP contribution in [0.15, 0.2) is 24.3 Å². The van der Waals surface area contributed by atoms with Gasteiger partial charge >= 0.3 is 0 Å². The van der Waals surface area contributed by atoms with Crippen LogP contribution in [-0.2, 0) is 4.74 Å². The van der Waals surface area contributed by atoms with Crippen LogP contribution >= 0.6 is 11.6 Å². The van der Waals surface area contributed by atoms with Gasteiger partial charge in [0.15, 0.2) is 0 Å². The Balaban J connectivity index is 2.18. The molecule has 1 rings (SSSR count). The Hall–Kier alpha value is -0.730. The van der Waals surface area contributed by atoms with Crippen molar-refractivity contribution in [2.45, 2.75) is 12.8 Å². The first-order valence-corrected chi connectivity index (χ1v) is 5.19. The van der Waals surface area contributed by atoms with Crippen molar-refractivity contribution in [3.05, 3.63) is 29.3 Å². The number of halogens is 1. The summed E-state index contributed by atoms with van der Waals surface area (Å²) >= 11 is 5.85. The molecule has 0 aliphatic rings. The van der Waals surface area contributed by atoms with Crippen molar-refractivity contribution in [3.63, 3.8) is 0 Å². The van der Waals surface area contributed by atoms with E-state index >= 15 is 0 Å². The number of benzene rings is 1. The van der Waals surface area contributed by atoms with Gasteiger partial charge in [-0.3, -0.25) is 0 Å².